The molecular formula is C11H15ClFNO5S2. The van der Waals surface area contributed by atoms with Crippen LogP contribution in [0.1, 0.15) is 6.92 Å². The van der Waals surface area contributed by atoms with E-state index in [1.54, 1.807) is 6.92 Å². The summed E-state index contributed by atoms with van der Waals surface area (Å²) < 4.78 is 66.6. The van der Waals surface area contributed by atoms with Crippen LogP contribution in [0.5, 0.6) is 0 Å². The van der Waals surface area contributed by atoms with Gasteiger partial charge < -0.3 is 4.74 Å². The number of methoxy groups -OCH3 is 1. The average molecular weight is 360 g/mol. The third-order valence-electron chi connectivity index (χ3n) is 2.70. The van der Waals surface area contributed by atoms with Crippen molar-refractivity contribution in [2.75, 3.05) is 26.8 Å². The minimum Gasteiger partial charge on any atom is -0.383 e. The van der Waals surface area contributed by atoms with Gasteiger partial charge in [0.25, 0.3) is 9.05 Å². The molecule has 0 unspecified atom stereocenters. The molecule has 0 amide bonds. The summed E-state index contributed by atoms with van der Waals surface area (Å²) in [5.41, 5.74) is 0. The van der Waals surface area contributed by atoms with E-state index in [1.165, 1.54) is 7.11 Å². The molecule has 21 heavy (non-hydrogen) atoms. The molecule has 10 heteroatoms. The van der Waals surface area contributed by atoms with E-state index in [9.17, 15) is 21.2 Å². The quantitative estimate of drug-likeness (QED) is 0.687. The van der Waals surface area contributed by atoms with Crippen LogP contribution in [0.4, 0.5) is 4.39 Å². The van der Waals surface area contributed by atoms with E-state index in [4.69, 9.17) is 15.4 Å². The summed E-state index contributed by atoms with van der Waals surface area (Å²) in [5, 5.41) is 0. The van der Waals surface area contributed by atoms with Crippen molar-refractivity contribution >= 4 is 29.8 Å². The van der Waals surface area contributed by atoms with E-state index < -0.39 is 34.7 Å². The fraction of sp³-hybridized carbons (Fsp3) is 0.455. The molecule has 0 spiro atoms. The second-order valence-corrected chi connectivity index (χ2v) is 8.49. The monoisotopic (exact) mass is 359 g/mol. The van der Waals surface area contributed by atoms with E-state index in [0.717, 1.165) is 16.4 Å². The molecule has 0 aliphatic rings. The van der Waals surface area contributed by atoms with Gasteiger partial charge in [-0.2, -0.15) is 4.31 Å². The van der Waals surface area contributed by atoms with Crippen LogP contribution in [0.3, 0.4) is 0 Å². The van der Waals surface area contributed by atoms with Crippen molar-refractivity contribution < 1.29 is 26.0 Å². The predicted octanol–water partition coefficient (Wildman–Crippen LogP) is 1.41. The molecule has 0 fully saturated rings. The first-order valence-corrected chi connectivity index (χ1v) is 9.62. The van der Waals surface area contributed by atoms with Crippen LogP contribution in [0.15, 0.2) is 28.0 Å². The van der Waals surface area contributed by atoms with E-state index >= 15 is 0 Å². The molecule has 6 nitrogen and oxygen atoms in total. The zero-order valence-electron chi connectivity index (χ0n) is 11.4. The number of hydrogen-bond acceptors (Lipinski definition) is 5. The molecule has 0 heterocycles. The van der Waals surface area contributed by atoms with E-state index in [-0.39, 0.29) is 19.7 Å². The fourth-order valence-corrected chi connectivity index (χ4v) is 3.86. The normalized spacial score (nSPS) is 12.8. The van der Waals surface area contributed by atoms with Crippen LogP contribution in [0, 0.1) is 5.82 Å². The number of ether oxygens (including phenoxy) is 1. The number of sulfonamides is 1. The minimum absolute atomic E-state index is 0.0599. The lowest BCUT2D eigenvalue weighted by molar-refractivity contribution is 0.180. The Bertz CT molecular complexity index is 705. The van der Waals surface area contributed by atoms with E-state index in [1.807, 2.05) is 0 Å². The highest BCUT2D eigenvalue weighted by Gasteiger charge is 2.27. The number of rotatable bonds is 7. The molecular weight excluding hydrogens is 345 g/mol. The highest BCUT2D eigenvalue weighted by molar-refractivity contribution is 8.13. The number of likely N-dealkylation sites (N-methyl/N-ethyl adjacent to an activating group) is 1. The maximum atomic E-state index is 13.9. The summed E-state index contributed by atoms with van der Waals surface area (Å²) in [6.07, 6.45) is 0. The Morgan fingerprint density at radius 2 is 1.90 bits per heavy atom. The Morgan fingerprint density at radius 1 is 1.29 bits per heavy atom. The smallest absolute Gasteiger partial charge is 0.261 e. The zero-order chi connectivity index (χ0) is 16.3. The SMILES string of the molecule is CCN(CCOC)S(=O)(=O)c1ccc(S(=O)(=O)Cl)cc1F. The molecule has 1 aromatic carbocycles. The first kappa shape index (κ1) is 18.3. The molecule has 0 radical (unpaired) electrons. The molecule has 1 rings (SSSR count). The molecule has 0 aliphatic heterocycles. The van der Waals surface area contributed by atoms with Crippen LogP contribution in [-0.2, 0) is 23.8 Å². The minimum atomic E-state index is -4.12. The van der Waals surface area contributed by atoms with Crippen molar-refractivity contribution in [2.45, 2.75) is 16.7 Å². The predicted molar refractivity (Wildman–Crippen MR) is 75.7 cm³/mol. The highest BCUT2D eigenvalue weighted by atomic mass is 35.7. The summed E-state index contributed by atoms with van der Waals surface area (Å²) in [6.45, 7) is 1.94. The Labute approximate surface area is 127 Å². The van der Waals surface area contributed by atoms with Gasteiger partial charge in [-0.15, -0.1) is 0 Å². The van der Waals surface area contributed by atoms with Crippen molar-refractivity contribution in [3.05, 3.63) is 24.0 Å². The Hall–Kier alpha value is -0.740. The number of hydrogen-bond donors (Lipinski definition) is 0. The van der Waals surface area contributed by atoms with Gasteiger partial charge in [0, 0.05) is 30.9 Å². The highest BCUT2D eigenvalue weighted by Crippen LogP contribution is 2.23. The molecule has 0 bridgehead atoms. The zero-order valence-corrected chi connectivity index (χ0v) is 13.8. The molecule has 120 valence electrons. The fourth-order valence-electron chi connectivity index (χ4n) is 1.62. The average Bonchev–Trinajstić information content (AvgIpc) is 2.37. The first-order valence-electron chi connectivity index (χ1n) is 5.88. The van der Waals surface area contributed by atoms with Crippen LogP contribution in [0.2, 0.25) is 0 Å². The molecule has 0 N–H and O–H groups in total. The third-order valence-corrected chi connectivity index (χ3v) is 6.06. The number of halogens is 2. The van der Waals surface area contributed by atoms with Crippen molar-refractivity contribution in [3.8, 4) is 0 Å². The van der Waals surface area contributed by atoms with E-state index in [0.29, 0.717) is 6.07 Å². The Kier molecular flexibility index (Phi) is 6.11. The Balaban J connectivity index is 3.26. The van der Waals surface area contributed by atoms with Gasteiger partial charge in [0.05, 0.1) is 11.5 Å². The summed E-state index contributed by atoms with van der Waals surface area (Å²) in [5.74, 6) is -1.17. The van der Waals surface area contributed by atoms with Crippen LogP contribution < -0.4 is 0 Å². The van der Waals surface area contributed by atoms with Gasteiger partial charge in [0.2, 0.25) is 10.0 Å². The summed E-state index contributed by atoms with van der Waals surface area (Å²) in [4.78, 5) is -1.11. The molecule has 0 aromatic heterocycles. The van der Waals surface area contributed by atoms with Crippen molar-refractivity contribution in [2.24, 2.45) is 0 Å². The molecule has 0 saturated heterocycles. The lowest BCUT2D eigenvalue weighted by Crippen LogP contribution is -2.34. The summed E-state index contributed by atoms with van der Waals surface area (Å²) in [6, 6.07) is 2.41. The molecule has 0 aliphatic carbocycles. The number of benzene rings is 1. The molecule has 0 atom stereocenters. The summed E-state index contributed by atoms with van der Waals surface area (Å²) in [7, 11) is -1.70. The lowest BCUT2D eigenvalue weighted by atomic mass is 10.3. The summed E-state index contributed by atoms with van der Waals surface area (Å²) >= 11 is 0. The Morgan fingerprint density at radius 3 is 2.33 bits per heavy atom. The standard InChI is InChI=1S/C11H15ClFNO5S2/c1-3-14(6-7-19-2)21(17,18)11-5-4-9(8-10(11)13)20(12,15)16/h4-5,8H,3,6-7H2,1-2H3. The van der Waals surface area contributed by atoms with Gasteiger partial charge in [-0.1, -0.05) is 6.92 Å². The van der Waals surface area contributed by atoms with Gasteiger partial charge in [-0.05, 0) is 18.2 Å². The largest absolute Gasteiger partial charge is 0.383 e. The maximum absolute atomic E-state index is 13.9. The van der Waals surface area contributed by atoms with Gasteiger partial charge in [0.1, 0.15) is 10.7 Å². The van der Waals surface area contributed by atoms with Gasteiger partial charge in [0.15, 0.2) is 0 Å². The molecule has 0 saturated carbocycles. The van der Waals surface area contributed by atoms with Crippen LogP contribution >= 0.6 is 10.7 Å². The van der Waals surface area contributed by atoms with Gasteiger partial charge in [-0.3, -0.25) is 0 Å². The van der Waals surface area contributed by atoms with Gasteiger partial charge in [-0.25, -0.2) is 21.2 Å². The van der Waals surface area contributed by atoms with Crippen LogP contribution in [0.25, 0.3) is 0 Å². The first-order chi connectivity index (χ1) is 9.64. The van der Waals surface area contributed by atoms with Crippen molar-refractivity contribution in [3.63, 3.8) is 0 Å². The topological polar surface area (TPSA) is 80.8 Å². The molecule has 1 aromatic rings. The lowest BCUT2D eigenvalue weighted by Gasteiger charge is -2.20. The van der Waals surface area contributed by atoms with Crippen LogP contribution in [-0.4, -0.2) is 47.9 Å². The van der Waals surface area contributed by atoms with Crippen molar-refractivity contribution in [1.29, 1.82) is 0 Å². The maximum Gasteiger partial charge on any atom is 0.261 e. The second-order valence-electron chi connectivity index (χ2n) is 4.02. The third kappa shape index (κ3) is 4.36. The number of nitrogens with zero attached hydrogens (tertiary/aromatic N) is 1. The van der Waals surface area contributed by atoms with Gasteiger partial charge >= 0.3 is 0 Å². The van der Waals surface area contributed by atoms with E-state index in [2.05, 4.69) is 0 Å². The second kappa shape index (κ2) is 7.01. The van der Waals surface area contributed by atoms with Crippen molar-refractivity contribution in [1.82, 2.24) is 4.31 Å².